The maximum atomic E-state index is 4.29. The van der Waals surface area contributed by atoms with Gasteiger partial charge in [0.25, 0.3) is 0 Å². The number of hydrogen-bond donors (Lipinski definition) is 1. The van der Waals surface area contributed by atoms with Crippen molar-refractivity contribution < 1.29 is 0 Å². The van der Waals surface area contributed by atoms with Crippen molar-refractivity contribution in [2.45, 2.75) is 6.92 Å². The summed E-state index contributed by atoms with van der Waals surface area (Å²) >= 11 is 1.55. The van der Waals surface area contributed by atoms with Crippen LogP contribution in [0.3, 0.4) is 0 Å². The van der Waals surface area contributed by atoms with E-state index in [9.17, 15) is 0 Å². The Kier molecular flexibility index (Phi) is 2.41. The fourth-order valence-electron chi connectivity index (χ4n) is 1.46. The number of fused-ring (bicyclic) bond motifs is 1. The van der Waals surface area contributed by atoms with Crippen LogP contribution in [0.2, 0.25) is 0 Å². The largest absolute Gasteiger partial charge is 0.322 e. The van der Waals surface area contributed by atoms with Crippen LogP contribution in [0.1, 0.15) is 5.69 Å². The first-order chi connectivity index (χ1) is 8.33. The molecule has 3 heterocycles. The lowest BCUT2D eigenvalue weighted by Crippen LogP contribution is -1.97. The van der Waals surface area contributed by atoms with Crippen molar-refractivity contribution in [3.63, 3.8) is 0 Å². The van der Waals surface area contributed by atoms with E-state index in [-0.39, 0.29) is 0 Å². The van der Waals surface area contributed by atoms with Gasteiger partial charge in [0.1, 0.15) is 5.82 Å². The molecule has 0 saturated heterocycles. The number of hydrogen-bond acceptors (Lipinski definition) is 6. The van der Waals surface area contributed by atoms with E-state index in [1.165, 1.54) is 0 Å². The molecule has 0 fully saturated rings. The van der Waals surface area contributed by atoms with Crippen molar-refractivity contribution in [2.75, 3.05) is 5.32 Å². The molecule has 0 saturated carbocycles. The van der Waals surface area contributed by atoms with Gasteiger partial charge in [-0.05, 0) is 13.0 Å². The van der Waals surface area contributed by atoms with Gasteiger partial charge in [0, 0.05) is 6.20 Å². The molecule has 0 amide bonds. The Balaban J connectivity index is 1.99. The fourth-order valence-corrected chi connectivity index (χ4v) is 2.19. The maximum Gasteiger partial charge on any atom is 0.151 e. The Bertz CT molecular complexity index is 646. The molecule has 0 atom stereocenters. The summed E-state index contributed by atoms with van der Waals surface area (Å²) < 4.78 is 1.02. The first-order valence-electron chi connectivity index (χ1n) is 5.07. The smallest absolute Gasteiger partial charge is 0.151 e. The van der Waals surface area contributed by atoms with E-state index in [0.717, 1.165) is 21.7 Å². The Hall–Kier alpha value is -2.08. The summed E-state index contributed by atoms with van der Waals surface area (Å²) in [7, 11) is 0. The number of anilines is 2. The lowest BCUT2D eigenvalue weighted by Gasteiger charge is -2.04. The molecule has 0 radical (unpaired) electrons. The summed E-state index contributed by atoms with van der Waals surface area (Å²) in [5, 5.41) is 3.15. The molecule has 6 heteroatoms. The number of nitrogens with zero attached hydrogens (tertiary/aromatic N) is 4. The highest BCUT2D eigenvalue weighted by Crippen LogP contribution is 2.25. The summed E-state index contributed by atoms with van der Waals surface area (Å²) in [5.74, 6) is 1.45. The molecule has 0 aliphatic rings. The standard InChI is InChI=1S/C11H9N5S/c1-7-4-14-9(5-13-7)16-11-10-8(2-3-12-11)15-6-17-10/h2-6H,1H3,(H,12,14,16). The first kappa shape index (κ1) is 10.1. The molecular weight excluding hydrogens is 234 g/mol. The van der Waals surface area contributed by atoms with Gasteiger partial charge in [0.05, 0.1) is 33.8 Å². The fraction of sp³-hybridized carbons (Fsp3) is 0.0909. The van der Waals surface area contributed by atoms with Gasteiger partial charge in [-0.3, -0.25) is 4.98 Å². The van der Waals surface area contributed by atoms with E-state index in [1.807, 2.05) is 13.0 Å². The summed E-state index contributed by atoms with van der Waals surface area (Å²) in [6.45, 7) is 1.90. The van der Waals surface area contributed by atoms with E-state index >= 15 is 0 Å². The normalized spacial score (nSPS) is 10.6. The molecule has 0 aromatic carbocycles. The van der Waals surface area contributed by atoms with E-state index in [4.69, 9.17) is 0 Å². The average Bonchev–Trinajstić information content (AvgIpc) is 2.81. The van der Waals surface area contributed by atoms with Crippen molar-refractivity contribution in [1.29, 1.82) is 0 Å². The zero-order valence-electron chi connectivity index (χ0n) is 9.08. The highest BCUT2D eigenvalue weighted by molar-refractivity contribution is 7.17. The van der Waals surface area contributed by atoms with E-state index in [0.29, 0.717) is 5.82 Å². The Labute approximate surface area is 102 Å². The predicted molar refractivity (Wildman–Crippen MR) is 67.5 cm³/mol. The molecular formula is C11H9N5S. The number of rotatable bonds is 2. The maximum absolute atomic E-state index is 4.29. The van der Waals surface area contributed by atoms with Crippen LogP contribution in [0.5, 0.6) is 0 Å². The lowest BCUT2D eigenvalue weighted by atomic mass is 10.4. The second-order valence-corrected chi connectivity index (χ2v) is 4.38. The predicted octanol–water partition coefficient (Wildman–Crippen LogP) is 2.53. The number of nitrogens with one attached hydrogen (secondary N) is 1. The van der Waals surface area contributed by atoms with Crippen LogP contribution < -0.4 is 5.32 Å². The topological polar surface area (TPSA) is 63.6 Å². The van der Waals surface area contributed by atoms with Crippen LogP contribution in [0.25, 0.3) is 10.2 Å². The molecule has 0 spiro atoms. The SMILES string of the molecule is Cc1cnc(Nc2nccc3ncsc23)cn1. The van der Waals surface area contributed by atoms with Gasteiger partial charge in [0.2, 0.25) is 0 Å². The summed E-state index contributed by atoms with van der Waals surface area (Å²) in [5.41, 5.74) is 3.63. The molecule has 84 valence electrons. The zero-order valence-corrected chi connectivity index (χ0v) is 9.90. The average molecular weight is 243 g/mol. The summed E-state index contributed by atoms with van der Waals surface area (Å²) in [6.07, 6.45) is 5.14. The van der Waals surface area contributed by atoms with Crippen LogP contribution in [0.4, 0.5) is 11.6 Å². The van der Waals surface area contributed by atoms with Gasteiger partial charge < -0.3 is 5.32 Å². The molecule has 17 heavy (non-hydrogen) atoms. The van der Waals surface area contributed by atoms with Crippen LogP contribution in [-0.2, 0) is 0 Å². The Morgan fingerprint density at radius 3 is 2.88 bits per heavy atom. The van der Waals surface area contributed by atoms with Crippen LogP contribution >= 0.6 is 11.3 Å². The van der Waals surface area contributed by atoms with Gasteiger partial charge in [-0.2, -0.15) is 0 Å². The molecule has 0 bridgehead atoms. The van der Waals surface area contributed by atoms with Crippen LogP contribution in [0.15, 0.2) is 30.2 Å². The van der Waals surface area contributed by atoms with Crippen molar-refractivity contribution in [3.8, 4) is 0 Å². The molecule has 0 unspecified atom stereocenters. The molecule has 0 aliphatic heterocycles. The third kappa shape index (κ3) is 1.94. The molecule has 1 N–H and O–H groups in total. The lowest BCUT2D eigenvalue weighted by molar-refractivity contribution is 1.11. The second-order valence-electron chi connectivity index (χ2n) is 3.53. The van der Waals surface area contributed by atoms with Crippen molar-refractivity contribution >= 4 is 33.2 Å². The highest BCUT2D eigenvalue weighted by Gasteiger charge is 2.05. The second kappa shape index (κ2) is 4.06. The first-order valence-corrected chi connectivity index (χ1v) is 5.95. The number of pyridine rings is 1. The van der Waals surface area contributed by atoms with Crippen LogP contribution in [-0.4, -0.2) is 19.9 Å². The molecule has 0 aliphatic carbocycles. The highest BCUT2D eigenvalue weighted by atomic mass is 32.1. The number of aromatic nitrogens is 4. The number of thiazole rings is 1. The van der Waals surface area contributed by atoms with E-state index < -0.39 is 0 Å². The minimum Gasteiger partial charge on any atom is -0.322 e. The minimum atomic E-state index is 0.684. The third-order valence-electron chi connectivity index (χ3n) is 2.27. The Morgan fingerprint density at radius 1 is 1.12 bits per heavy atom. The molecule has 3 rings (SSSR count). The summed E-state index contributed by atoms with van der Waals surface area (Å²) in [4.78, 5) is 16.9. The van der Waals surface area contributed by atoms with Crippen molar-refractivity contribution in [3.05, 3.63) is 35.9 Å². The van der Waals surface area contributed by atoms with Gasteiger partial charge >= 0.3 is 0 Å². The quantitative estimate of drug-likeness (QED) is 0.749. The van der Waals surface area contributed by atoms with Crippen molar-refractivity contribution in [1.82, 2.24) is 19.9 Å². The molecule has 5 nitrogen and oxygen atoms in total. The van der Waals surface area contributed by atoms with E-state index in [1.54, 1.807) is 35.4 Å². The Morgan fingerprint density at radius 2 is 2.06 bits per heavy atom. The zero-order chi connectivity index (χ0) is 11.7. The van der Waals surface area contributed by atoms with Gasteiger partial charge in [-0.1, -0.05) is 0 Å². The summed E-state index contributed by atoms with van der Waals surface area (Å²) in [6, 6.07) is 1.89. The third-order valence-corrected chi connectivity index (χ3v) is 3.12. The van der Waals surface area contributed by atoms with E-state index in [2.05, 4.69) is 25.3 Å². The van der Waals surface area contributed by atoms with Crippen molar-refractivity contribution in [2.24, 2.45) is 0 Å². The van der Waals surface area contributed by atoms with Gasteiger partial charge in [-0.25, -0.2) is 15.0 Å². The number of aryl methyl sites for hydroxylation is 1. The monoisotopic (exact) mass is 243 g/mol. The minimum absolute atomic E-state index is 0.684. The van der Waals surface area contributed by atoms with Gasteiger partial charge in [0.15, 0.2) is 5.82 Å². The van der Waals surface area contributed by atoms with Crippen LogP contribution in [0, 0.1) is 6.92 Å². The molecule has 3 aromatic rings. The molecule has 3 aromatic heterocycles. The van der Waals surface area contributed by atoms with Gasteiger partial charge in [-0.15, -0.1) is 11.3 Å².